The van der Waals surface area contributed by atoms with Crippen LogP contribution in [0.25, 0.3) is 22.3 Å². The number of pyridine rings is 2. The van der Waals surface area contributed by atoms with Gasteiger partial charge in [-0.15, -0.1) is 0 Å². The van der Waals surface area contributed by atoms with Crippen LogP contribution in [0.4, 0.5) is 0 Å². The van der Waals surface area contributed by atoms with Crippen LogP contribution in [0, 0.1) is 0 Å². The lowest BCUT2D eigenvalue weighted by Crippen LogP contribution is -2.11. The summed E-state index contributed by atoms with van der Waals surface area (Å²) in [6.07, 6.45) is 25.3. The Morgan fingerprint density at radius 3 is 0.870 bits per heavy atom. The lowest BCUT2D eigenvalue weighted by Gasteiger charge is -2.26. The minimum absolute atomic E-state index is 0.604. The molecule has 254 valence electrons. The molecule has 6 heteroatoms. The van der Waals surface area contributed by atoms with Crippen molar-refractivity contribution in [3.8, 4) is 45.3 Å². The predicted molar refractivity (Wildman–Crippen MR) is 191 cm³/mol. The molecule has 0 fully saturated rings. The Balaban J connectivity index is 2.25. The van der Waals surface area contributed by atoms with Crippen LogP contribution in [0.5, 0.6) is 23.0 Å². The SMILES string of the molecule is CCCCCCOc1c(OCCCCCC)c(-c2ccncc2)c(OCCCCCC)c(OCCCCCC)c1-c1ccncc1. The molecule has 0 aliphatic carbocycles. The van der Waals surface area contributed by atoms with E-state index in [4.69, 9.17) is 18.9 Å². The summed E-state index contributed by atoms with van der Waals surface area (Å²) in [5.74, 6) is 2.91. The molecule has 0 spiro atoms. The van der Waals surface area contributed by atoms with Gasteiger partial charge in [0.15, 0.2) is 23.0 Å². The second-order valence-corrected chi connectivity index (χ2v) is 12.2. The van der Waals surface area contributed by atoms with Gasteiger partial charge in [0.1, 0.15) is 0 Å². The van der Waals surface area contributed by atoms with Gasteiger partial charge in [0.2, 0.25) is 0 Å². The standard InChI is InChI=1S/C40H60N2O4/c1-5-9-13-17-29-43-37-35(33-21-25-41-26-22-33)39(45-31-19-15-11-7-3)40(46-32-20-16-12-8-4)36(34-23-27-42-28-24-34)38(37)44-30-18-14-10-6-2/h21-28H,5-20,29-32H2,1-4H3. The molecule has 0 radical (unpaired) electrons. The molecule has 0 N–H and O–H groups in total. The number of ether oxygens (including phenoxy) is 4. The largest absolute Gasteiger partial charge is 0.489 e. The van der Waals surface area contributed by atoms with Crippen molar-refractivity contribution in [2.75, 3.05) is 26.4 Å². The summed E-state index contributed by atoms with van der Waals surface area (Å²) in [6.45, 7) is 11.4. The van der Waals surface area contributed by atoms with Gasteiger partial charge in [-0.1, -0.05) is 105 Å². The minimum Gasteiger partial charge on any atom is -0.489 e. The number of unbranched alkanes of at least 4 members (excludes halogenated alkanes) is 12. The van der Waals surface area contributed by atoms with Crippen LogP contribution >= 0.6 is 0 Å². The number of nitrogens with zero attached hydrogens (tertiary/aromatic N) is 2. The van der Waals surface area contributed by atoms with Gasteiger partial charge in [-0.25, -0.2) is 0 Å². The first-order valence-electron chi connectivity index (χ1n) is 18.3. The van der Waals surface area contributed by atoms with Crippen molar-refractivity contribution in [3.63, 3.8) is 0 Å². The number of rotatable bonds is 26. The highest BCUT2D eigenvalue weighted by Crippen LogP contribution is 2.57. The van der Waals surface area contributed by atoms with E-state index in [0.717, 1.165) is 96.6 Å². The molecule has 1 aromatic carbocycles. The summed E-state index contributed by atoms with van der Waals surface area (Å²) in [5, 5.41) is 0. The molecule has 0 atom stereocenters. The molecule has 0 aliphatic rings. The van der Waals surface area contributed by atoms with E-state index in [9.17, 15) is 0 Å². The molecule has 0 saturated carbocycles. The van der Waals surface area contributed by atoms with Gasteiger partial charge in [-0.3, -0.25) is 9.97 Å². The van der Waals surface area contributed by atoms with Crippen LogP contribution in [-0.4, -0.2) is 36.4 Å². The highest BCUT2D eigenvalue weighted by atomic mass is 16.5. The molecule has 3 aromatic rings. The first-order valence-corrected chi connectivity index (χ1v) is 18.3. The smallest absolute Gasteiger partial charge is 0.173 e. The van der Waals surface area contributed by atoms with Gasteiger partial charge in [0, 0.05) is 24.8 Å². The Kier molecular flexibility index (Phi) is 18.7. The monoisotopic (exact) mass is 632 g/mol. The second kappa shape index (κ2) is 23.1. The average Bonchev–Trinajstić information content (AvgIpc) is 3.09. The van der Waals surface area contributed by atoms with Crippen LogP contribution in [0.3, 0.4) is 0 Å². The third kappa shape index (κ3) is 12.1. The fraction of sp³-hybridized carbons (Fsp3) is 0.600. The molecule has 0 amide bonds. The zero-order valence-corrected chi connectivity index (χ0v) is 29.3. The van der Waals surface area contributed by atoms with Crippen molar-refractivity contribution in [3.05, 3.63) is 49.1 Å². The lowest BCUT2D eigenvalue weighted by molar-refractivity contribution is 0.242. The fourth-order valence-electron chi connectivity index (χ4n) is 5.59. The summed E-state index contributed by atoms with van der Waals surface area (Å²) in [6, 6.07) is 8.13. The molecular weight excluding hydrogens is 572 g/mol. The summed E-state index contributed by atoms with van der Waals surface area (Å²) >= 11 is 0. The number of benzene rings is 1. The Labute approximate surface area is 279 Å². The summed E-state index contributed by atoms with van der Waals surface area (Å²) in [5.41, 5.74) is 3.74. The second-order valence-electron chi connectivity index (χ2n) is 12.2. The maximum atomic E-state index is 6.81. The molecule has 46 heavy (non-hydrogen) atoms. The van der Waals surface area contributed by atoms with Crippen molar-refractivity contribution >= 4 is 0 Å². The Bertz CT molecular complexity index is 1060. The van der Waals surface area contributed by atoms with E-state index in [2.05, 4.69) is 37.7 Å². The molecule has 0 saturated heterocycles. The molecule has 6 nitrogen and oxygen atoms in total. The number of hydrogen-bond donors (Lipinski definition) is 0. The van der Waals surface area contributed by atoms with Gasteiger partial charge in [0.05, 0.1) is 37.6 Å². The van der Waals surface area contributed by atoms with Gasteiger partial charge in [-0.2, -0.15) is 0 Å². The third-order valence-corrected chi connectivity index (χ3v) is 8.24. The van der Waals surface area contributed by atoms with Crippen molar-refractivity contribution in [2.45, 2.75) is 130 Å². The Hall–Kier alpha value is -3.28. The molecule has 0 aliphatic heterocycles. The zero-order chi connectivity index (χ0) is 32.7. The van der Waals surface area contributed by atoms with Crippen molar-refractivity contribution < 1.29 is 18.9 Å². The zero-order valence-electron chi connectivity index (χ0n) is 29.3. The van der Waals surface area contributed by atoms with Gasteiger partial charge in [0.25, 0.3) is 0 Å². The topological polar surface area (TPSA) is 62.7 Å². The predicted octanol–water partition coefficient (Wildman–Crippen LogP) is 11.6. The van der Waals surface area contributed by atoms with Crippen molar-refractivity contribution in [1.82, 2.24) is 9.97 Å². The van der Waals surface area contributed by atoms with Crippen LogP contribution in [0.2, 0.25) is 0 Å². The van der Waals surface area contributed by atoms with E-state index in [0.29, 0.717) is 26.4 Å². The maximum absolute atomic E-state index is 6.81. The highest BCUT2D eigenvalue weighted by molar-refractivity contribution is 5.93. The summed E-state index contributed by atoms with van der Waals surface area (Å²) in [4.78, 5) is 8.67. The molecule has 2 aromatic heterocycles. The van der Waals surface area contributed by atoms with Crippen molar-refractivity contribution in [2.24, 2.45) is 0 Å². The van der Waals surface area contributed by atoms with E-state index in [1.807, 2.05) is 49.1 Å². The highest BCUT2D eigenvalue weighted by Gasteiger charge is 2.31. The quantitative estimate of drug-likeness (QED) is 0.0821. The van der Waals surface area contributed by atoms with E-state index in [-0.39, 0.29) is 0 Å². The maximum Gasteiger partial charge on any atom is 0.173 e. The van der Waals surface area contributed by atoms with Gasteiger partial charge < -0.3 is 18.9 Å². The number of hydrogen-bond acceptors (Lipinski definition) is 6. The number of aromatic nitrogens is 2. The molecule has 0 bridgehead atoms. The average molecular weight is 633 g/mol. The summed E-state index contributed by atoms with van der Waals surface area (Å²) < 4.78 is 27.2. The molecule has 2 heterocycles. The van der Waals surface area contributed by atoms with Crippen LogP contribution in [-0.2, 0) is 0 Å². The minimum atomic E-state index is 0.604. The van der Waals surface area contributed by atoms with E-state index in [1.54, 1.807) is 0 Å². The first-order chi connectivity index (χ1) is 22.8. The van der Waals surface area contributed by atoms with Gasteiger partial charge >= 0.3 is 0 Å². The molecular formula is C40H60N2O4. The van der Waals surface area contributed by atoms with E-state index < -0.39 is 0 Å². The van der Waals surface area contributed by atoms with Crippen LogP contribution in [0.15, 0.2) is 49.1 Å². The lowest BCUT2D eigenvalue weighted by atomic mass is 9.95. The van der Waals surface area contributed by atoms with Crippen LogP contribution < -0.4 is 18.9 Å². The van der Waals surface area contributed by atoms with Gasteiger partial charge in [-0.05, 0) is 61.1 Å². The summed E-state index contributed by atoms with van der Waals surface area (Å²) in [7, 11) is 0. The Morgan fingerprint density at radius 1 is 0.370 bits per heavy atom. The first kappa shape index (κ1) is 37.2. The molecule has 0 unspecified atom stereocenters. The normalized spacial score (nSPS) is 11.0. The third-order valence-electron chi connectivity index (χ3n) is 8.24. The van der Waals surface area contributed by atoms with Crippen LogP contribution in [0.1, 0.15) is 130 Å². The molecule has 3 rings (SSSR count). The Morgan fingerprint density at radius 2 is 0.630 bits per heavy atom. The van der Waals surface area contributed by atoms with E-state index >= 15 is 0 Å². The fourth-order valence-corrected chi connectivity index (χ4v) is 5.59. The van der Waals surface area contributed by atoms with E-state index in [1.165, 1.54) is 51.4 Å². The van der Waals surface area contributed by atoms with Crippen molar-refractivity contribution in [1.29, 1.82) is 0 Å².